The van der Waals surface area contributed by atoms with Crippen LogP contribution in [0.4, 0.5) is 5.69 Å². The van der Waals surface area contributed by atoms with Crippen molar-refractivity contribution in [2.75, 3.05) is 31.9 Å². The molecular formula is C14H21ClN2O. The third-order valence-corrected chi connectivity index (χ3v) is 3.36. The number of rotatable bonds is 5. The minimum Gasteiger partial charge on any atom is -0.378 e. The summed E-state index contributed by atoms with van der Waals surface area (Å²) < 4.78 is 0. The molecule has 0 saturated carbocycles. The van der Waals surface area contributed by atoms with Crippen LogP contribution in [-0.4, -0.2) is 37.8 Å². The third-order valence-electron chi connectivity index (χ3n) is 2.90. The van der Waals surface area contributed by atoms with Crippen molar-refractivity contribution in [2.45, 2.75) is 13.5 Å². The molecule has 1 amide bonds. The lowest BCUT2D eigenvalue weighted by Gasteiger charge is -2.21. The van der Waals surface area contributed by atoms with Crippen molar-refractivity contribution in [3.63, 3.8) is 0 Å². The molecule has 0 aliphatic carbocycles. The minimum atomic E-state index is -0.127. The van der Waals surface area contributed by atoms with Crippen molar-refractivity contribution < 1.29 is 4.79 Å². The van der Waals surface area contributed by atoms with Gasteiger partial charge in [-0.1, -0.05) is 19.1 Å². The number of hydrogen-bond donors (Lipinski definition) is 0. The molecule has 1 aromatic carbocycles. The van der Waals surface area contributed by atoms with Crippen LogP contribution >= 0.6 is 11.6 Å². The number of amides is 1. The Morgan fingerprint density at radius 3 is 2.22 bits per heavy atom. The van der Waals surface area contributed by atoms with E-state index in [9.17, 15) is 4.79 Å². The molecule has 1 aromatic rings. The lowest BCUT2D eigenvalue weighted by Crippen LogP contribution is -2.31. The number of carbonyl (C=O) groups is 1. The highest BCUT2D eigenvalue weighted by atomic mass is 35.5. The lowest BCUT2D eigenvalue weighted by atomic mass is 10.1. The van der Waals surface area contributed by atoms with Gasteiger partial charge in [0.2, 0.25) is 5.91 Å². The Morgan fingerprint density at radius 1 is 1.22 bits per heavy atom. The van der Waals surface area contributed by atoms with Crippen LogP contribution < -0.4 is 4.90 Å². The third kappa shape index (κ3) is 3.91. The van der Waals surface area contributed by atoms with E-state index in [0.717, 1.165) is 11.3 Å². The molecule has 0 aromatic heterocycles. The highest BCUT2D eigenvalue weighted by Gasteiger charge is 2.16. The molecule has 3 nitrogen and oxygen atoms in total. The van der Waals surface area contributed by atoms with Gasteiger partial charge in [0.05, 0.1) is 0 Å². The number of hydrogen-bond acceptors (Lipinski definition) is 2. The van der Waals surface area contributed by atoms with Gasteiger partial charge < -0.3 is 9.80 Å². The Labute approximate surface area is 114 Å². The Bertz CT molecular complexity index is 389. The average molecular weight is 269 g/mol. The zero-order valence-corrected chi connectivity index (χ0v) is 12.2. The molecule has 18 heavy (non-hydrogen) atoms. The van der Waals surface area contributed by atoms with Gasteiger partial charge in [0.15, 0.2) is 0 Å². The number of halogens is 1. The first kappa shape index (κ1) is 14.8. The quantitative estimate of drug-likeness (QED) is 0.767. The van der Waals surface area contributed by atoms with Crippen molar-refractivity contribution in [3.8, 4) is 0 Å². The van der Waals surface area contributed by atoms with Crippen molar-refractivity contribution in [1.29, 1.82) is 0 Å². The van der Waals surface area contributed by atoms with Crippen molar-refractivity contribution in [3.05, 3.63) is 29.8 Å². The summed E-state index contributed by atoms with van der Waals surface area (Å²) in [6.45, 7) is 2.47. The van der Waals surface area contributed by atoms with Crippen molar-refractivity contribution in [2.24, 2.45) is 5.92 Å². The minimum absolute atomic E-state index is 0.0849. The summed E-state index contributed by atoms with van der Waals surface area (Å²) in [6, 6.07) is 8.20. The molecule has 0 aliphatic heterocycles. The number of carbonyl (C=O) groups excluding carboxylic acids is 1. The first-order valence-electron chi connectivity index (χ1n) is 6.03. The van der Waals surface area contributed by atoms with Crippen LogP contribution in [0.15, 0.2) is 24.3 Å². The Balaban J connectivity index is 2.64. The highest BCUT2D eigenvalue weighted by molar-refractivity contribution is 6.19. The van der Waals surface area contributed by atoms with Crippen molar-refractivity contribution >= 4 is 23.2 Å². The average Bonchev–Trinajstić information content (AvgIpc) is 2.37. The van der Waals surface area contributed by atoms with Gasteiger partial charge in [0.25, 0.3) is 0 Å². The summed E-state index contributed by atoms with van der Waals surface area (Å²) in [4.78, 5) is 15.7. The van der Waals surface area contributed by atoms with E-state index in [0.29, 0.717) is 12.4 Å². The summed E-state index contributed by atoms with van der Waals surface area (Å²) in [5.74, 6) is 0.322. The summed E-state index contributed by atoms with van der Waals surface area (Å²) in [5, 5.41) is 0. The van der Waals surface area contributed by atoms with Gasteiger partial charge in [0.1, 0.15) is 0 Å². The van der Waals surface area contributed by atoms with E-state index in [1.807, 2.05) is 45.1 Å². The van der Waals surface area contributed by atoms with Gasteiger partial charge in [-0.25, -0.2) is 0 Å². The van der Waals surface area contributed by atoms with Gasteiger partial charge in [-0.15, -0.1) is 11.6 Å². The predicted molar refractivity (Wildman–Crippen MR) is 77.1 cm³/mol. The molecule has 0 spiro atoms. The largest absolute Gasteiger partial charge is 0.378 e. The maximum atomic E-state index is 11.9. The molecular weight excluding hydrogens is 248 g/mol. The second-order valence-electron chi connectivity index (χ2n) is 4.81. The second-order valence-corrected chi connectivity index (χ2v) is 5.12. The lowest BCUT2D eigenvalue weighted by molar-refractivity contribution is -0.133. The second kappa shape index (κ2) is 6.64. The van der Waals surface area contributed by atoms with E-state index in [1.54, 1.807) is 4.90 Å². The Kier molecular flexibility index (Phi) is 5.48. The van der Waals surface area contributed by atoms with E-state index in [4.69, 9.17) is 11.6 Å². The standard InChI is InChI=1S/C14H21ClN2O/c1-11(9-15)14(18)17(4)10-12-5-7-13(8-6-12)16(2)3/h5-8,11H,9-10H2,1-4H3. The van der Waals surface area contributed by atoms with E-state index in [-0.39, 0.29) is 11.8 Å². The molecule has 1 rings (SSSR count). The molecule has 0 bridgehead atoms. The van der Waals surface area contributed by atoms with Crippen LogP contribution in [0.2, 0.25) is 0 Å². The maximum absolute atomic E-state index is 11.9. The smallest absolute Gasteiger partial charge is 0.226 e. The summed E-state index contributed by atoms with van der Waals surface area (Å²) in [7, 11) is 5.82. The van der Waals surface area contributed by atoms with Gasteiger partial charge in [-0.3, -0.25) is 4.79 Å². The van der Waals surface area contributed by atoms with E-state index < -0.39 is 0 Å². The Hall–Kier alpha value is -1.22. The van der Waals surface area contributed by atoms with Crippen LogP contribution in [0.25, 0.3) is 0 Å². The fraction of sp³-hybridized carbons (Fsp3) is 0.500. The first-order chi connectivity index (χ1) is 8.45. The molecule has 0 saturated heterocycles. The number of nitrogens with zero attached hydrogens (tertiary/aromatic N) is 2. The predicted octanol–water partition coefficient (Wildman–Crippen LogP) is 2.59. The van der Waals surface area contributed by atoms with E-state index >= 15 is 0 Å². The Morgan fingerprint density at radius 2 is 1.78 bits per heavy atom. The van der Waals surface area contributed by atoms with E-state index in [1.165, 1.54) is 0 Å². The van der Waals surface area contributed by atoms with Crippen LogP contribution in [0, 0.1) is 5.92 Å². The fourth-order valence-corrected chi connectivity index (χ4v) is 1.83. The van der Waals surface area contributed by atoms with E-state index in [2.05, 4.69) is 12.1 Å². The monoisotopic (exact) mass is 268 g/mol. The summed E-state index contributed by atoms with van der Waals surface area (Å²) >= 11 is 5.70. The number of anilines is 1. The van der Waals surface area contributed by atoms with Gasteiger partial charge >= 0.3 is 0 Å². The molecule has 0 aliphatic rings. The fourth-order valence-electron chi connectivity index (χ4n) is 1.69. The summed E-state index contributed by atoms with van der Waals surface area (Å²) in [6.07, 6.45) is 0. The number of alkyl halides is 1. The van der Waals surface area contributed by atoms with Gasteiger partial charge in [-0.2, -0.15) is 0 Å². The van der Waals surface area contributed by atoms with Crippen LogP contribution in [0.1, 0.15) is 12.5 Å². The molecule has 0 heterocycles. The van der Waals surface area contributed by atoms with Gasteiger partial charge in [-0.05, 0) is 17.7 Å². The molecule has 100 valence electrons. The highest BCUT2D eigenvalue weighted by Crippen LogP contribution is 2.14. The first-order valence-corrected chi connectivity index (χ1v) is 6.56. The van der Waals surface area contributed by atoms with Crippen LogP contribution in [0.3, 0.4) is 0 Å². The van der Waals surface area contributed by atoms with Crippen LogP contribution in [-0.2, 0) is 11.3 Å². The molecule has 0 radical (unpaired) electrons. The number of benzene rings is 1. The van der Waals surface area contributed by atoms with Crippen molar-refractivity contribution in [1.82, 2.24) is 4.90 Å². The topological polar surface area (TPSA) is 23.6 Å². The molecule has 0 N–H and O–H groups in total. The molecule has 4 heteroatoms. The summed E-state index contributed by atoms with van der Waals surface area (Å²) in [5.41, 5.74) is 2.28. The maximum Gasteiger partial charge on any atom is 0.226 e. The zero-order valence-electron chi connectivity index (χ0n) is 11.5. The van der Waals surface area contributed by atoms with Crippen LogP contribution in [0.5, 0.6) is 0 Å². The molecule has 1 unspecified atom stereocenters. The van der Waals surface area contributed by atoms with Gasteiger partial charge in [0, 0.05) is 45.2 Å². The molecule has 0 fully saturated rings. The normalized spacial score (nSPS) is 12.1. The molecule has 1 atom stereocenters. The zero-order chi connectivity index (χ0) is 13.7. The SMILES string of the molecule is CC(CCl)C(=O)N(C)Cc1ccc(N(C)C)cc1.